The molecule has 3 aliphatic rings. The molecule has 3 heterocycles. The quantitative estimate of drug-likeness (QED) is 0.173. The first-order valence-corrected chi connectivity index (χ1v) is 16.4. The van der Waals surface area contributed by atoms with Crippen LogP contribution in [0.3, 0.4) is 0 Å². The third kappa shape index (κ3) is 4.63. The average Bonchev–Trinajstić information content (AvgIpc) is 3.82. The highest BCUT2D eigenvalue weighted by Gasteiger charge is 2.53. The Morgan fingerprint density at radius 3 is 2.33 bits per heavy atom. The van der Waals surface area contributed by atoms with Crippen LogP contribution in [-0.4, -0.2) is 45.7 Å². The lowest BCUT2D eigenvalue weighted by molar-refractivity contribution is -0.141. The van der Waals surface area contributed by atoms with E-state index in [1.54, 1.807) is 32.7 Å². The number of anilines is 1. The molecule has 0 radical (unpaired) electrons. The van der Waals surface area contributed by atoms with E-state index in [4.69, 9.17) is 33.4 Å². The molecule has 2 aliphatic heterocycles. The van der Waals surface area contributed by atoms with E-state index in [9.17, 15) is 4.79 Å². The van der Waals surface area contributed by atoms with E-state index in [1.807, 2.05) is 42.5 Å². The van der Waals surface area contributed by atoms with Crippen molar-refractivity contribution in [2.75, 3.05) is 40.0 Å². The minimum absolute atomic E-state index is 0.138. The molecule has 1 aliphatic carbocycles. The Kier molecular flexibility index (Phi) is 7.17. The number of carbonyl (C=O) groups is 1. The van der Waals surface area contributed by atoms with Gasteiger partial charge in [-0.1, -0.05) is 12.1 Å². The Labute approximate surface area is 277 Å². The van der Waals surface area contributed by atoms with Crippen molar-refractivity contribution >= 4 is 49.1 Å². The van der Waals surface area contributed by atoms with Crippen molar-refractivity contribution in [2.24, 2.45) is 11.8 Å². The maximum Gasteiger partial charge on any atom is 0.310 e. The second kappa shape index (κ2) is 11.4. The lowest BCUT2D eigenvalue weighted by atomic mass is 9.65. The van der Waals surface area contributed by atoms with Gasteiger partial charge in [0, 0.05) is 27.6 Å². The van der Waals surface area contributed by atoms with Crippen molar-refractivity contribution in [3.8, 4) is 39.3 Å². The Hall–Kier alpha value is -4.48. The third-order valence-electron chi connectivity index (χ3n) is 9.05. The summed E-state index contributed by atoms with van der Waals surface area (Å²) in [5.74, 6) is 1.56. The normalized spacial score (nSPS) is 21.0. The summed E-state index contributed by atoms with van der Waals surface area (Å²) in [5.41, 5.74) is 5.69. The van der Waals surface area contributed by atoms with E-state index < -0.39 is 5.92 Å². The van der Waals surface area contributed by atoms with Gasteiger partial charge >= 0.3 is 5.97 Å². The Bertz CT molecular complexity index is 1950. The number of benzene rings is 4. The fourth-order valence-electron chi connectivity index (χ4n) is 6.96. The van der Waals surface area contributed by atoms with Crippen LogP contribution in [0.5, 0.6) is 28.7 Å². The van der Waals surface area contributed by atoms with E-state index >= 15 is 0 Å². The molecule has 0 saturated carbocycles. The van der Waals surface area contributed by atoms with Gasteiger partial charge in [-0.2, -0.15) is 0 Å². The van der Waals surface area contributed by atoms with Crippen molar-refractivity contribution in [2.45, 2.75) is 12.0 Å². The third-order valence-corrected chi connectivity index (χ3v) is 10.8. The number of ether oxygens (including phenoxy) is 6. The maximum atomic E-state index is 13.6. The number of hydrogen-bond acceptors (Lipinski definition) is 10. The molecule has 46 heavy (non-hydrogen) atoms. The molecule has 8 rings (SSSR count). The summed E-state index contributed by atoms with van der Waals surface area (Å²) in [6.45, 7) is 0.413. The van der Waals surface area contributed by atoms with Gasteiger partial charge in [0.05, 0.1) is 50.1 Å². The number of thiazole rings is 1. The second-order valence-electron chi connectivity index (χ2n) is 11.4. The number of carbonyl (C=O) groups excluding carboxylic acids is 1. The lowest BCUT2D eigenvalue weighted by Crippen LogP contribution is -2.37. The fraction of sp³-hybridized carbons (Fsp3) is 0.257. The molecule has 0 amide bonds. The first kappa shape index (κ1) is 29.0. The van der Waals surface area contributed by atoms with Gasteiger partial charge in [-0.15, -0.1) is 11.3 Å². The molecule has 1 aromatic heterocycles. The largest absolute Gasteiger partial charge is 0.493 e. The Morgan fingerprint density at radius 2 is 1.63 bits per heavy atom. The van der Waals surface area contributed by atoms with Gasteiger partial charge in [-0.25, -0.2) is 4.98 Å². The first-order valence-electron chi connectivity index (χ1n) is 14.8. The monoisotopic (exact) mass is 700 g/mol. The SMILES string of the molecule is COc1cc([C@@H]2c3cc4c(cc3[C@@H](Nc3ccc(-c5nc6ccccc6s5)cc3Br)[C@H]3COC(=O)[C@H]23)OCO4)cc(OC)c1OC. The van der Waals surface area contributed by atoms with E-state index in [0.717, 1.165) is 47.6 Å². The van der Waals surface area contributed by atoms with Gasteiger partial charge in [0.2, 0.25) is 12.5 Å². The summed E-state index contributed by atoms with van der Waals surface area (Å²) in [4.78, 5) is 18.4. The molecule has 1 saturated heterocycles. The summed E-state index contributed by atoms with van der Waals surface area (Å²) in [6.07, 6.45) is 0. The van der Waals surface area contributed by atoms with Crippen LogP contribution in [-0.2, 0) is 9.53 Å². The zero-order chi connectivity index (χ0) is 31.5. The molecular weight excluding hydrogens is 672 g/mol. The number of hydrogen-bond donors (Lipinski definition) is 1. The zero-order valence-corrected chi connectivity index (χ0v) is 27.6. The van der Waals surface area contributed by atoms with E-state index in [2.05, 4.69) is 45.5 Å². The molecule has 0 spiro atoms. The van der Waals surface area contributed by atoms with Crippen LogP contribution in [0.4, 0.5) is 5.69 Å². The van der Waals surface area contributed by atoms with Crippen molar-refractivity contribution < 1.29 is 33.2 Å². The van der Waals surface area contributed by atoms with Crippen LogP contribution in [0.25, 0.3) is 20.8 Å². The van der Waals surface area contributed by atoms with Crippen molar-refractivity contribution in [3.63, 3.8) is 0 Å². The lowest BCUT2D eigenvalue weighted by Gasteiger charge is -2.40. The Balaban J connectivity index is 1.23. The minimum atomic E-state index is -0.478. The highest BCUT2D eigenvalue weighted by atomic mass is 79.9. The number of fused-ring (bicyclic) bond motifs is 4. The molecule has 234 valence electrons. The minimum Gasteiger partial charge on any atom is -0.493 e. The Morgan fingerprint density at radius 1 is 0.891 bits per heavy atom. The number of halogens is 1. The number of cyclic esters (lactones) is 1. The van der Waals surface area contributed by atoms with Crippen LogP contribution < -0.4 is 29.0 Å². The number of methoxy groups -OCH3 is 3. The molecule has 11 heteroatoms. The van der Waals surface area contributed by atoms with Crippen LogP contribution in [0, 0.1) is 11.8 Å². The first-order chi connectivity index (χ1) is 22.5. The van der Waals surface area contributed by atoms with Crippen molar-refractivity contribution in [1.29, 1.82) is 0 Å². The van der Waals surface area contributed by atoms with Crippen LogP contribution in [0.1, 0.15) is 28.7 Å². The van der Waals surface area contributed by atoms with E-state index in [-0.39, 0.29) is 37.2 Å². The van der Waals surface area contributed by atoms with Gasteiger partial charge in [-0.05, 0) is 87.2 Å². The number of aromatic nitrogens is 1. The molecule has 5 aromatic rings. The number of nitrogens with zero attached hydrogens (tertiary/aromatic N) is 1. The molecular formula is C35H29BrN2O7S. The van der Waals surface area contributed by atoms with E-state index in [1.165, 1.54) is 0 Å². The molecule has 1 fully saturated rings. The topological polar surface area (TPSA) is 97.4 Å². The highest BCUT2D eigenvalue weighted by Crippen LogP contribution is 2.56. The molecule has 9 nitrogen and oxygen atoms in total. The van der Waals surface area contributed by atoms with Gasteiger partial charge in [0.1, 0.15) is 5.01 Å². The van der Waals surface area contributed by atoms with Gasteiger partial charge in [0.15, 0.2) is 23.0 Å². The number of nitrogens with one attached hydrogen (secondary N) is 1. The fourth-order valence-corrected chi connectivity index (χ4v) is 8.41. The molecule has 1 N–H and O–H groups in total. The molecule has 0 unspecified atom stereocenters. The predicted molar refractivity (Wildman–Crippen MR) is 178 cm³/mol. The number of para-hydroxylation sites is 1. The van der Waals surface area contributed by atoms with Crippen molar-refractivity contribution in [3.05, 3.63) is 87.9 Å². The zero-order valence-electron chi connectivity index (χ0n) is 25.2. The van der Waals surface area contributed by atoms with Crippen LogP contribution in [0.15, 0.2) is 71.2 Å². The summed E-state index contributed by atoms with van der Waals surface area (Å²) in [7, 11) is 4.74. The standard InChI is InChI=1S/C35H29BrN2O7S/c1-40-27-11-18(12-28(41-2)33(27)42-3)30-19-13-25-26(45-16-44-25)14-20(19)32(21-15-43-35(39)31(21)30)37-23-9-8-17(10-22(23)36)34-38-24-6-4-5-7-29(24)46-34/h4-14,21,30-32,37H,15-16H2,1-3H3/t21-,30+,31-,32+/m0/s1. The summed E-state index contributed by atoms with van der Waals surface area (Å²) in [5, 5.41) is 4.72. The predicted octanol–water partition coefficient (Wildman–Crippen LogP) is 7.57. The van der Waals surface area contributed by atoms with Gasteiger partial charge in [0.25, 0.3) is 0 Å². The van der Waals surface area contributed by atoms with Crippen LogP contribution >= 0.6 is 27.3 Å². The maximum absolute atomic E-state index is 13.6. The number of esters is 1. The molecule has 4 aromatic carbocycles. The van der Waals surface area contributed by atoms with Gasteiger partial charge < -0.3 is 33.7 Å². The summed E-state index contributed by atoms with van der Waals surface area (Å²) in [6, 6.07) is 21.9. The number of rotatable bonds is 7. The van der Waals surface area contributed by atoms with Gasteiger partial charge in [-0.3, -0.25) is 4.79 Å². The molecule has 4 atom stereocenters. The van der Waals surface area contributed by atoms with Crippen molar-refractivity contribution in [1.82, 2.24) is 4.98 Å². The summed E-state index contributed by atoms with van der Waals surface area (Å²) < 4.78 is 36.5. The summed E-state index contributed by atoms with van der Waals surface area (Å²) >= 11 is 5.48. The smallest absolute Gasteiger partial charge is 0.310 e. The average molecular weight is 702 g/mol. The van der Waals surface area contributed by atoms with E-state index in [0.29, 0.717) is 28.7 Å². The molecule has 0 bridgehead atoms. The van der Waals surface area contributed by atoms with Crippen LogP contribution in [0.2, 0.25) is 0 Å². The second-order valence-corrected chi connectivity index (χ2v) is 13.3. The highest BCUT2D eigenvalue weighted by molar-refractivity contribution is 9.10.